The Hall–Kier alpha value is -1.55. The van der Waals surface area contributed by atoms with Crippen LogP contribution in [0.15, 0.2) is 24.3 Å². The number of hydrogen-bond acceptors (Lipinski definition) is 3. The van der Waals surface area contributed by atoms with Crippen LogP contribution in [0.4, 0.5) is 0 Å². The fraction of sp³-hybridized carbons (Fsp3) is 0.500. The minimum Gasteiger partial charge on any atom is -0.493 e. The van der Waals surface area contributed by atoms with Gasteiger partial charge in [-0.15, -0.1) is 0 Å². The summed E-state index contributed by atoms with van der Waals surface area (Å²) in [6, 6.07) is 8.08. The lowest BCUT2D eigenvalue weighted by atomic mass is 10.0. The number of para-hydroxylation sites is 1. The molecule has 1 aromatic carbocycles. The number of carbonyl (C=O) groups is 1. The maximum atomic E-state index is 11.4. The molecule has 1 amide bonds. The van der Waals surface area contributed by atoms with Crippen LogP contribution in [0.3, 0.4) is 0 Å². The third-order valence-corrected chi connectivity index (χ3v) is 3.05. The van der Waals surface area contributed by atoms with E-state index in [9.17, 15) is 4.79 Å². The molecular formula is C14H20N2O2. The summed E-state index contributed by atoms with van der Waals surface area (Å²) in [7, 11) is 0. The predicted octanol–water partition coefficient (Wildman–Crippen LogP) is 1.28. The summed E-state index contributed by atoms with van der Waals surface area (Å²) in [5.74, 6) is 1.38. The van der Waals surface area contributed by atoms with Gasteiger partial charge in [-0.05, 0) is 12.5 Å². The number of amides is 1. The molecule has 0 aliphatic carbocycles. The van der Waals surface area contributed by atoms with Gasteiger partial charge >= 0.3 is 0 Å². The molecule has 98 valence electrons. The lowest BCUT2D eigenvalue weighted by Gasteiger charge is -2.10. The predicted molar refractivity (Wildman–Crippen MR) is 70.8 cm³/mol. The SMILES string of the molecule is CCCNC(=O)CNCC1COc2ccccc21. The Morgan fingerprint density at radius 3 is 3.11 bits per heavy atom. The molecule has 0 radical (unpaired) electrons. The Morgan fingerprint density at radius 1 is 1.44 bits per heavy atom. The number of ether oxygens (including phenoxy) is 1. The Bertz CT molecular complexity index is 407. The first kappa shape index (κ1) is 12.9. The van der Waals surface area contributed by atoms with Crippen molar-refractivity contribution in [2.75, 3.05) is 26.2 Å². The van der Waals surface area contributed by atoms with E-state index >= 15 is 0 Å². The third kappa shape index (κ3) is 3.23. The van der Waals surface area contributed by atoms with Gasteiger partial charge in [0.25, 0.3) is 0 Å². The van der Waals surface area contributed by atoms with Gasteiger partial charge in [0, 0.05) is 24.6 Å². The normalized spacial score (nSPS) is 17.1. The van der Waals surface area contributed by atoms with Crippen molar-refractivity contribution in [2.24, 2.45) is 0 Å². The van der Waals surface area contributed by atoms with Gasteiger partial charge in [0.05, 0.1) is 13.2 Å². The van der Waals surface area contributed by atoms with Crippen molar-refractivity contribution in [1.82, 2.24) is 10.6 Å². The van der Waals surface area contributed by atoms with E-state index in [0.29, 0.717) is 19.1 Å². The van der Waals surface area contributed by atoms with Gasteiger partial charge in [0.15, 0.2) is 0 Å². The quantitative estimate of drug-likeness (QED) is 0.797. The van der Waals surface area contributed by atoms with E-state index in [1.807, 2.05) is 25.1 Å². The van der Waals surface area contributed by atoms with Crippen molar-refractivity contribution in [3.05, 3.63) is 29.8 Å². The van der Waals surface area contributed by atoms with Gasteiger partial charge in [-0.3, -0.25) is 4.79 Å². The number of rotatable bonds is 6. The fourth-order valence-corrected chi connectivity index (χ4v) is 2.09. The zero-order valence-corrected chi connectivity index (χ0v) is 10.7. The summed E-state index contributed by atoms with van der Waals surface area (Å²) in [5, 5.41) is 6.03. The number of carbonyl (C=O) groups excluding carboxylic acids is 1. The summed E-state index contributed by atoms with van der Waals surface area (Å²) in [4.78, 5) is 11.4. The zero-order valence-electron chi connectivity index (χ0n) is 10.7. The summed E-state index contributed by atoms with van der Waals surface area (Å²) < 4.78 is 5.59. The van der Waals surface area contributed by atoms with Crippen LogP contribution < -0.4 is 15.4 Å². The molecule has 0 saturated heterocycles. The molecular weight excluding hydrogens is 228 g/mol. The number of fused-ring (bicyclic) bond motifs is 1. The van der Waals surface area contributed by atoms with Crippen molar-refractivity contribution in [1.29, 1.82) is 0 Å². The highest BCUT2D eigenvalue weighted by Gasteiger charge is 2.22. The first-order valence-electron chi connectivity index (χ1n) is 6.50. The van der Waals surface area contributed by atoms with E-state index in [2.05, 4.69) is 16.7 Å². The molecule has 0 aromatic heterocycles. The molecule has 4 nitrogen and oxygen atoms in total. The number of benzene rings is 1. The van der Waals surface area contributed by atoms with Gasteiger partial charge in [-0.25, -0.2) is 0 Å². The second kappa shape index (κ2) is 6.40. The highest BCUT2D eigenvalue weighted by Crippen LogP contribution is 2.32. The third-order valence-electron chi connectivity index (χ3n) is 3.05. The van der Waals surface area contributed by atoms with Crippen molar-refractivity contribution < 1.29 is 9.53 Å². The number of hydrogen-bond donors (Lipinski definition) is 2. The molecule has 1 aromatic rings. The summed E-state index contributed by atoms with van der Waals surface area (Å²) in [6.45, 7) is 4.63. The molecule has 2 N–H and O–H groups in total. The van der Waals surface area contributed by atoms with Crippen LogP contribution in [0.2, 0.25) is 0 Å². The van der Waals surface area contributed by atoms with Gasteiger partial charge in [-0.1, -0.05) is 25.1 Å². The van der Waals surface area contributed by atoms with Gasteiger partial charge in [0.2, 0.25) is 5.91 Å². The molecule has 0 saturated carbocycles. The van der Waals surface area contributed by atoms with Crippen LogP contribution >= 0.6 is 0 Å². The minimum atomic E-state index is 0.0593. The van der Waals surface area contributed by atoms with Crippen LogP contribution in [0.5, 0.6) is 5.75 Å². The van der Waals surface area contributed by atoms with Crippen molar-refractivity contribution in [2.45, 2.75) is 19.3 Å². The smallest absolute Gasteiger partial charge is 0.233 e. The number of nitrogens with one attached hydrogen (secondary N) is 2. The Morgan fingerprint density at radius 2 is 2.28 bits per heavy atom. The molecule has 18 heavy (non-hydrogen) atoms. The van der Waals surface area contributed by atoms with E-state index < -0.39 is 0 Å². The maximum Gasteiger partial charge on any atom is 0.233 e. The second-order valence-electron chi connectivity index (χ2n) is 4.53. The molecule has 1 atom stereocenters. The first-order chi connectivity index (χ1) is 8.81. The molecule has 0 bridgehead atoms. The Kier molecular flexibility index (Phi) is 4.59. The summed E-state index contributed by atoms with van der Waals surface area (Å²) in [6.07, 6.45) is 0.968. The standard InChI is InChI=1S/C14H20N2O2/c1-2-7-16-14(17)9-15-8-11-10-18-13-6-4-3-5-12(11)13/h3-6,11,15H,2,7-10H2,1H3,(H,16,17). The van der Waals surface area contributed by atoms with E-state index in [0.717, 1.165) is 25.3 Å². The molecule has 1 unspecified atom stereocenters. The van der Waals surface area contributed by atoms with Gasteiger partial charge in [-0.2, -0.15) is 0 Å². The molecule has 4 heteroatoms. The summed E-state index contributed by atoms with van der Waals surface area (Å²) in [5.41, 5.74) is 1.24. The van der Waals surface area contributed by atoms with Gasteiger partial charge in [0.1, 0.15) is 5.75 Å². The zero-order chi connectivity index (χ0) is 12.8. The summed E-state index contributed by atoms with van der Waals surface area (Å²) >= 11 is 0. The monoisotopic (exact) mass is 248 g/mol. The van der Waals surface area contributed by atoms with Crippen LogP contribution in [0.25, 0.3) is 0 Å². The lowest BCUT2D eigenvalue weighted by molar-refractivity contribution is -0.120. The first-order valence-corrected chi connectivity index (χ1v) is 6.50. The Labute approximate surface area is 108 Å². The lowest BCUT2D eigenvalue weighted by Crippen LogP contribution is -2.36. The average molecular weight is 248 g/mol. The topological polar surface area (TPSA) is 50.4 Å². The molecule has 1 aliphatic rings. The van der Waals surface area contributed by atoms with Crippen LogP contribution in [-0.4, -0.2) is 32.1 Å². The maximum absolute atomic E-state index is 11.4. The van der Waals surface area contributed by atoms with Gasteiger partial charge < -0.3 is 15.4 Å². The minimum absolute atomic E-state index is 0.0593. The molecule has 2 rings (SSSR count). The molecule has 1 heterocycles. The van der Waals surface area contributed by atoms with E-state index in [1.165, 1.54) is 5.56 Å². The molecule has 0 spiro atoms. The average Bonchev–Trinajstić information content (AvgIpc) is 2.80. The molecule has 1 aliphatic heterocycles. The largest absolute Gasteiger partial charge is 0.493 e. The van der Waals surface area contributed by atoms with Crippen molar-refractivity contribution in [3.8, 4) is 5.75 Å². The van der Waals surface area contributed by atoms with Crippen molar-refractivity contribution in [3.63, 3.8) is 0 Å². The second-order valence-corrected chi connectivity index (χ2v) is 4.53. The highest BCUT2D eigenvalue weighted by molar-refractivity contribution is 5.77. The molecule has 0 fully saturated rings. The Balaban J connectivity index is 1.74. The van der Waals surface area contributed by atoms with E-state index in [4.69, 9.17) is 4.74 Å². The van der Waals surface area contributed by atoms with E-state index in [-0.39, 0.29) is 5.91 Å². The highest BCUT2D eigenvalue weighted by atomic mass is 16.5. The van der Waals surface area contributed by atoms with Crippen LogP contribution in [-0.2, 0) is 4.79 Å². The van der Waals surface area contributed by atoms with Crippen molar-refractivity contribution >= 4 is 5.91 Å². The van der Waals surface area contributed by atoms with Crippen LogP contribution in [0, 0.1) is 0 Å². The fourth-order valence-electron chi connectivity index (χ4n) is 2.09. The van der Waals surface area contributed by atoms with E-state index in [1.54, 1.807) is 0 Å². The van der Waals surface area contributed by atoms with Crippen LogP contribution in [0.1, 0.15) is 24.8 Å².